The van der Waals surface area contributed by atoms with E-state index in [9.17, 15) is 5.11 Å². The van der Waals surface area contributed by atoms with Gasteiger partial charge in [0.15, 0.2) is 0 Å². The predicted molar refractivity (Wildman–Crippen MR) is 83.9 cm³/mol. The van der Waals surface area contributed by atoms with Gasteiger partial charge < -0.3 is 9.67 Å². The van der Waals surface area contributed by atoms with Gasteiger partial charge in [-0.05, 0) is 38.6 Å². The number of aryl methyl sites for hydroxylation is 1. The predicted octanol–water partition coefficient (Wildman–Crippen LogP) is 2.81. The Hall–Kier alpha value is -0.870. The number of imidazole rings is 1. The second-order valence-corrected chi connectivity index (χ2v) is 6.77. The molecule has 1 aliphatic heterocycles. The molecule has 0 bridgehead atoms. The molecule has 3 unspecified atom stereocenters. The number of rotatable bonds is 5. The van der Waals surface area contributed by atoms with E-state index in [1.807, 2.05) is 12.5 Å². The molecule has 1 saturated heterocycles. The van der Waals surface area contributed by atoms with E-state index in [1.165, 1.54) is 44.3 Å². The standard InChI is InChI=1S/C17H29N3O/c1-2-9-20-13-18-11-14(20)12-19-10-5-7-16(19)15-6-3-4-8-17(15)21/h11,13,15-17,21H,2-10,12H2,1H3. The van der Waals surface area contributed by atoms with E-state index in [0.29, 0.717) is 12.0 Å². The average molecular weight is 291 g/mol. The van der Waals surface area contributed by atoms with E-state index < -0.39 is 0 Å². The van der Waals surface area contributed by atoms with Gasteiger partial charge in [0.2, 0.25) is 0 Å². The molecular weight excluding hydrogens is 262 g/mol. The molecular formula is C17H29N3O. The van der Waals surface area contributed by atoms with Crippen LogP contribution in [0.3, 0.4) is 0 Å². The first kappa shape index (κ1) is 15.0. The van der Waals surface area contributed by atoms with E-state index in [1.54, 1.807) is 0 Å². The Balaban J connectivity index is 1.67. The van der Waals surface area contributed by atoms with E-state index in [4.69, 9.17) is 0 Å². The van der Waals surface area contributed by atoms with Crippen molar-refractivity contribution in [3.8, 4) is 0 Å². The van der Waals surface area contributed by atoms with Crippen LogP contribution >= 0.6 is 0 Å². The SMILES string of the molecule is CCCn1cncc1CN1CCCC1C1CCCCC1O. The maximum Gasteiger partial charge on any atom is 0.0948 e. The van der Waals surface area contributed by atoms with E-state index >= 15 is 0 Å². The van der Waals surface area contributed by atoms with Gasteiger partial charge in [-0.3, -0.25) is 4.90 Å². The lowest BCUT2D eigenvalue weighted by atomic mass is 9.80. The zero-order valence-corrected chi connectivity index (χ0v) is 13.2. The van der Waals surface area contributed by atoms with Gasteiger partial charge in [-0.1, -0.05) is 19.8 Å². The average Bonchev–Trinajstić information content (AvgIpc) is 3.11. The third-order valence-corrected chi connectivity index (χ3v) is 5.32. The Labute approximate surface area is 128 Å². The number of hydrogen-bond donors (Lipinski definition) is 1. The van der Waals surface area contributed by atoms with Crippen LogP contribution in [0.15, 0.2) is 12.5 Å². The first-order chi connectivity index (χ1) is 10.3. The lowest BCUT2D eigenvalue weighted by Gasteiger charge is -2.37. The quantitative estimate of drug-likeness (QED) is 0.907. The molecule has 4 heteroatoms. The molecule has 3 rings (SSSR count). The van der Waals surface area contributed by atoms with Crippen molar-refractivity contribution in [1.82, 2.24) is 14.5 Å². The zero-order valence-electron chi connectivity index (χ0n) is 13.2. The van der Waals surface area contributed by atoms with Gasteiger partial charge in [0.05, 0.1) is 18.1 Å². The minimum Gasteiger partial charge on any atom is -0.393 e. The molecule has 0 amide bonds. The van der Waals surface area contributed by atoms with Crippen molar-refractivity contribution in [2.24, 2.45) is 5.92 Å². The van der Waals surface area contributed by atoms with Crippen molar-refractivity contribution >= 4 is 0 Å². The molecule has 21 heavy (non-hydrogen) atoms. The summed E-state index contributed by atoms with van der Waals surface area (Å²) in [4.78, 5) is 6.92. The van der Waals surface area contributed by atoms with Gasteiger partial charge in [-0.2, -0.15) is 0 Å². The topological polar surface area (TPSA) is 41.3 Å². The summed E-state index contributed by atoms with van der Waals surface area (Å²) < 4.78 is 2.28. The van der Waals surface area contributed by atoms with Crippen molar-refractivity contribution in [1.29, 1.82) is 0 Å². The zero-order chi connectivity index (χ0) is 14.7. The monoisotopic (exact) mass is 291 g/mol. The molecule has 1 aliphatic carbocycles. The number of nitrogens with zero attached hydrogens (tertiary/aromatic N) is 3. The second-order valence-electron chi connectivity index (χ2n) is 6.77. The highest BCUT2D eigenvalue weighted by Crippen LogP contribution is 2.35. The van der Waals surface area contributed by atoms with Crippen LogP contribution in [0.2, 0.25) is 0 Å². The Kier molecular flexibility index (Phi) is 4.96. The van der Waals surface area contributed by atoms with Crippen LogP contribution in [0, 0.1) is 5.92 Å². The number of aromatic nitrogens is 2. The van der Waals surface area contributed by atoms with Crippen LogP contribution in [-0.4, -0.2) is 38.2 Å². The molecule has 0 spiro atoms. The summed E-state index contributed by atoms with van der Waals surface area (Å²) in [6.45, 7) is 5.43. The maximum atomic E-state index is 10.4. The maximum absolute atomic E-state index is 10.4. The van der Waals surface area contributed by atoms with Gasteiger partial charge in [0.25, 0.3) is 0 Å². The van der Waals surface area contributed by atoms with Crippen molar-refractivity contribution in [2.45, 2.75) is 77.1 Å². The van der Waals surface area contributed by atoms with Gasteiger partial charge in [0, 0.05) is 31.2 Å². The van der Waals surface area contributed by atoms with Crippen molar-refractivity contribution < 1.29 is 5.11 Å². The summed E-state index contributed by atoms with van der Waals surface area (Å²) in [5.74, 6) is 0.490. The Morgan fingerprint density at radius 3 is 2.90 bits per heavy atom. The summed E-state index contributed by atoms with van der Waals surface area (Å²) in [5, 5.41) is 10.4. The fourth-order valence-electron chi connectivity index (χ4n) is 4.25. The first-order valence-corrected chi connectivity index (χ1v) is 8.70. The third-order valence-electron chi connectivity index (χ3n) is 5.32. The molecule has 118 valence electrons. The fraction of sp³-hybridized carbons (Fsp3) is 0.824. The third kappa shape index (κ3) is 3.32. The molecule has 0 radical (unpaired) electrons. The fourth-order valence-corrected chi connectivity index (χ4v) is 4.25. The molecule has 4 nitrogen and oxygen atoms in total. The van der Waals surface area contributed by atoms with Gasteiger partial charge in [0.1, 0.15) is 0 Å². The molecule has 1 N–H and O–H groups in total. The Morgan fingerprint density at radius 2 is 2.10 bits per heavy atom. The van der Waals surface area contributed by atoms with Crippen molar-refractivity contribution in [2.75, 3.05) is 6.54 Å². The normalized spacial score (nSPS) is 30.9. The summed E-state index contributed by atoms with van der Waals surface area (Å²) in [6.07, 6.45) is 12.3. The van der Waals surface area contributed by atoms with Gasteiger partial charge in [-0.25, -0.2) is 4.98 Å². The Bertz CT molecular complexity index is 445. The molecule has 0 aromatic carbocycles. The van der Waals surface area contributed by atoms with Crippen molar-refractivity contribution in [3.05, 3.63) is 18.2 Å². The summed E-state index contributed by atoms with van der Waals surface area (Å²) >= 11 is 0. The molecule has 2 heterocycles. The van der Waals surface area contributed by atoms with Crippen molar-refractivity contribution in [3.63, 3.8) is 0 Å². The molecule has 1 aromatic heterocycles. The minimum atomic E-state index is -0.0788. The van der Waals surface area contributed by atoms with Crippen LogP contribution in [0.4, 0.5) is 0 Å². The van der Waals surface area contributed by atoms with Crippen LogP contribution in [-0.2, 0) is 13.1 Å². The van der Waals surface area contributed by atoms with Crippen LogP contribution in [0.5, 0.6) is 0 Å². The smallest absolute Gasteiger partial charge is 0.0948 e. The van der Waals surface area contributed by atoms with Gasteiger partial charge >= 0.3 is 0 Å². The van der Waals surface area contributed by atoms with Crippen LogP contribution < -0.4 is 0 Å². The summed E-state index contributed by atoms with van der Waals surface area (Å²) in [5.41, 5.74) is 1.33. The van der Waals surface area contributed by atoms with E-state index in [-0.39, 0.29) is 6.10 Å². The van der Waals surface area contributed by atoms with E-state index in [2.05, 4.69) is 21.4 Å². The lowest BCUT2D eigenvalue weighted by molar-refractivity contribution is 0.0196. The number of hydrogen-bond acceptors (Lipinski definition) is 3. The molecule has 2 fully saturated rings. The highest BCUT2D eigenvalue weighted by molar-refractivity contribution is 5.01. The highest BCUT2D eigenvalue weighted by Gasteiger charge is 2.36. The molecule has 3 atom stereocenters. The van der Waals surface area contributed by atoms with Gasteiger partial charge in [-0.15, -0.1) is 0 Å². The first-order valence-electron chi connectivity index (χ1n) is 8.70. The second kappa shape index (κ2) is 6.93. The number of aliphatic hydroxyl groups excluding tert-OH is 1. The minimum absolute atomic E-state index is 0.0788. The molecule has 1 saturated carbocycles. The van der Waals surface area contributed by atoms with Crippen LogP contribution in [0.25, 0.3) is 0 Å². The lowest BCUT2D eigenvalue weighted by Crippen LogP contribution is -2.42. The highest BCUT2D eigenvalue weighted by atomic mass is 16.3. The van der Waals surface area contributed by atoms with Crippen LogP contribution in [0.1, 0.15) is 57.6 Å². The Morgan fingerprint density at radius 1 is 1.24 bits per heavy atom. The number of likely N-dealkylation sites (tertiary alicyclic amines) is 1. The van der Waals surface area contributed by atoms with E-state index in [0.717, 1.165) is 25.9 Å². The summed E-state index contributed by atoms with van der Waals surface area (Å²) in [7, 11) is 0. The molecule has 1 aromatic rings. The largest absolute Gasteiger partial charge is 0.393 e. The summed E-state index contributed by atoms with van der Waals surface area (Å²) in [6, 6.07) is 0.574. The number of aliphatic hydroxyl groups is 1. The molecule has 2 aliphatic rings.